The van der Waals surface area contributed by atoms with Crippen molar-refractivity contribution in [1.82, 2.24) is 9.97 Å². The van der Waals surface area contributed by atoms with Crippen molar-refractivity contribution in [3.63, 3.8) is 0 Å². The van der Waals surface area contributed by atoms with Crippen molar-refractivity contribution in [3.05, 3.63) is 17.0 Å². The van der Waals surface area contributed by atoms with E-state index in [2.05, 4.69) is 23.8 Å². The van der Waals surface area contributed by atoms with Crippen LogP contribution in [0.1, 0.15) is 32.3 Å². The molecule has 1 N–H and O–H groups in total. The maximum absolute atomic E-state index is 9.01. The number of halogens is 1. The number of aliphatic hydroxyl groups is 1. The normalized spacial score (nSPS) is 10.9. The maximum Gasteiger partial charge on any atom is 0.138 e. The SMILES string of the molecule is CCN(CCO)c1ncnc(Cl)c1C(C)C. The third kappa shape index (κ3) is 2.83. The smallest absolute Gasteiger partial charge is 0.138 e. The Morgan fingerprint density at radius 1 is 1.44 bits per heavy atom. The monoisotopic (exact) mass is 243 g/mol. The first-order valence-electron chi connectivity index (χ1n) is 5.48. The van der Waals surface area contributed by atoms with Gasteiger partial charge in [0.05, 0.1) is 6.61 Å². The highest BCUT2D eigenvalue weighted by Crippen LogP contribution is 2.30. The maximum atomic E-state index is 9.01. The van der Waals surface area contributed by atoms with Crippen molar-refractivity contribution >= 4 is 17.4 Å². The van der Waals surface area contributed by atoms with E-state index < -0.39 is 0 Å². The van der Waals surface area contributed by atoms with Crippen LogP contribution < -0.4 is 4.90 Å². The molecule has 0 spiro atoms. The average molecular weight is 244 g/mol. The summed E-state index contributed by atoms with van der Waals surface area (Å²) in [5, 5.41) is 9.51. The van der Waals surface area contributed by atoms with E-state index in [-0.39, 0.29) is 12.5 Å². The second-order valence-corrected chi connectivity index (χ2v) is 4.22. The minimum atomic E-state index is 0.104. The average Bonchev–Trinajstić information content (AvgIpc) is 2.25. The molecule has 90 valence electrons. The van der Waals surface area contributed by atoms with Crippen LogP contribution in [0.5, 0.6) is 0 Å². The molecule has 0 bridgehead atoms. The van der Waals surface area contributed by atoms with E-state index in [1.54, 1.807) is 0 Å². The number of rotatable bonds is 5. The summed E-state index contributed by atoms with van der Waals surface area (Å²) in [5.41, 5.74) is 0.944. The van der Waals surface area contributed by atoms with Gasteiger partial charge in [0.25, 0.3) is 0 Å². The summed E-state index contributed by atoms with van der Waals surface area (Å²) in [5.74, 6) is 1.09. The topological polar surface area (TPSA) is 49.2 Å². The molecule has 0 saturated heterocycles. The van der Waals surface area contributed by atoms with Gasteiger partial charge in [0.15, 0.2) is 0 Å². The molecule has 0 fully saturated rings. The van der Waals surface area contributed by atoms with E-state index in [9.17, 15) is 0 Å². The Balaban J connectivity index is 3.15. The van der Waals surface area contributed by atoms with Gasteiger partial charge in [-0.15, -0.1) is 0 Å². The number of aliphatic hydroxyl groups excluding tert-OH is 1. The predicted octanol–water partition coefficient (Wildman–Crippen LogP) is 2.07. The van der Waals surface area contributed by atoms with Gasteiger partial charge < -0.3 is 10.0 Å². The number of likely N-dealkylation sites (N-methyl/N-ethyl adjacent to an activating group) is 1. The Labute approximate surface area is 101 Å². The molecule has 0 saturated carbocycles. The summed E-state index contributed by atoms with van der Waals surface area (Å²) in [7, 11) is 0. The molecule has 5 heteroatoms. The first kappa shape index (κ1) is 13.2. The molecular weight excluding hydrogens is 226 g/mol. The fourth-order valence-electron chi connectivity index (χ4n) is 1.65. The Morgan fingerprint density at radius 2 is 2.12 bits per heavy atom. The molecule has 4 nitrogen and oxygen atoms in total. The molecular formula is C11H18ClN3O. The number of hydrogen-bond donors (Lipinski definition) is 1. The van der Waals surface area contributed by atoms with Crippen molar-refractivity contribution in [3.8, 4) is 0 Å². The summed E-state index contributed by atoms with van der Waals surface area (Å²) >= 11 is 6.09. The van der Waals surface area contributed by atoms with Crippen molar-refractivity contribution in [1.29, 1.82) is 0 Å². The van der Waals surface area contributed by atoms with Crippen molar-refractivity contribution in [2.45, 2.75) is 26.7 Å². The Bertz CT molecular complexity index is 344. The van der Waals surface area contributed by atoms with Gasteiger partial charge in [-0.1, -0.05) is 25.4 Å². The van der Waals surface area contributed by atoms with Gasteiger partial charge in [-0.3, -0.25) is 0 Å². The van der Waals surface area contributed by atoms with Crippen LogP contribution in [0.25, 0.3) is 0 Å². The van der Waals surface area contributed by atoms with Crippen LogP contribution in [0.3, 0.4) is 0 Å². The lowest BCUT2D eigenvalue weighted by molar-refractivity contribution is 0.302. The summed E-state index contributed by atoms with van der Waals surface area (Å²) in [6.07, 6.45) is 1.46. The van der Waals surface area contributed by atoms with Gasteiger partial charge in [-0.2, -0.15) is 0 Å². The number of hydrogen-bond acceptors (Lipinski definition) is 4. The second-order valence-electron chi connectivity index (χ2n) is 3.86. The van der Waals surface area contributed by atoms with E-state index in [0.29, 0.717) is 11.7 Å². The Hall–Kier alpha value is -0.870. The summed E-state index contributed by atoms with van der Waals surface area (Å²) in [6, 6.07) is 0. The minimum Gasteiger partial charge on any atom is -0.395 e. The molecule has 0 atom stereocenters. The van der Waals surface area contributed by atoms with Crippen molar-refractivity contribution in [2.75, 3.05) is 24.6 Å². The van der Waals surface area contributed by atoms with Gasteiger partial charge in [-0.05, 0) is 12.8 Å². The molecule has 0 aliphatic heterocycles. The molecule has 0 aliphatic rings. The molecule has 1 aromatic rings. The van der Waals surface area contributed by atoms with Gasteiger partial charge in [-0.25, -0.2) is 9.97 Å². The van der Waals surface area contributed by atoms with Crippen LogP contribution in [0, 0.1) is 0 Å². The highest BCUT2D eigenvalue weighted by atomic mass is 35.5. The summed E-state index contributed by atoms with van der Waals surface area (Å²) < 4.78 is 0. The van der Waals surface area contributed by atoms with E-state index in [1.165, 1.54) is 6.33 Å². The minimum absolute atomic E-state index is 0.104. The van der Waals surface area contributed by atoms with Crippen molar-refractivity contribution < 1.29 is 5.11 Å². The van der Waals surface area contributed by atoms with Crippen LogP contribution in [-0.2, 0) is 0 Å². The first-order chi connectivity index (χ1) is 7.61. The molecule has 1 rings (SSSR count). The third-order valence-electron chi connectivity index (χ3n) is 2.44. The standard InChI is InChI=1S/C11H18ClN3O/c1-4-15(5-6-16)11-9(8(2)3)10(12)13-7-14-11/h7-8,16H,4-6H2,1-3H3. The number of nitrogens with zero attached hydrogens (tertiary/aromatic N) is 3. The lowest BCUT2D eigenvalue weighted by Crippen LogP contribution is -2.28. The summed E-state index contributed by atoms with van der Waals surface area (Å²) in [4.78, 5) is 10.3. The van der Waals surface area contributed by atoms with Gasteiger partial charge in [0.1, 0.15) is 17.3 Å². The first-order valence-corrected chi connectivity index (χ1v) is 5.85. The fourth-order valence-corrected chi connectivity index (χ4v) is 1.99. The van der Waals surface area contributed by atoms with Crippen LogP contribution in [0.4, 0.5) is 5.82 Å². The lowest BCUT2D eigenvalue weighted by Gasteiger charge is -2.24. The third-order valence-corrected chi connectivity index (χ3v) is 2.74. The quantitative estimate of drug-likeness (QED) is 0.805. The molecule has 1 heterocycles. The lowest BCUT2D eigenvalue weighted by atomic mass is 10.1. The highest BCUT2D eigenvalue weighted by molar-refractivity contribution is 6.30. The van der Waals surface area contributed by atoms with Crippen LogP contribution in [0.2, 0.25) is 5.15 Å². The number of anilines is 1. The largest absolute Gasteiger partial charge is 0.395 e. The highest BCUT2D eigenvalue weighted by Gasteiger charge is 2.17. The van der Waals surface area contributed by atoms with E-state index >= 15 is 0 Å². The molecule has 16 heavy (non-hydrogen) atoms. The molecule has 0 unspecified atom stereocenters. The molecule has 0 amide bonds. The van der Waals surface area contributed by atoms with Crippen LogP contribution in [-0.4, -0.2) is 34.8 Å². The number of aromatic nitrogens is 2. The zero-order valence-electron chi connectivity index (χ0n) is 9.94. The van der Waals surface area contributed by atoms with Gasteiger partial charge in [0.2, 0.25) is 0 Å². The fraction of sp³-hybridized carbons (Fsp3) is 0.636. The van der Waals surface area contributed by atoms with Gasteiger partial charge in [0, 0.05) is 18.7 Å². The summed E-state index contributed by atoms with van der Waals surface area (Å²) in [6.45, 7) is 7.58. The molecule has 0 radical (unpaired) electrons. The zero-order chi connectivity index (χ0) is 12.1. The Morgan fingerprint density at radius 3 is 2.62 bits per heavy atom. The molecule has 1 aromatic heterocycles. The van der Waals surface area contributed by atoms with E-state index in [4.69, 9.17) is 16.7 Å². The van der Waals surface area contributed by atoms with Crippen LogP contribution >= 0.6 is 11.6 Å². The zero-order valence-corrected chi connectivity index (χ0v) is 10.7. The van der Waals surface area contributed by atoms with E-state index in [1.807, 2.05) is 11.8 Å². The predicted molar refractivity (Wildman–Crippen MR) is 66.1 cm³/mol. The Kier molecular flexibility index (Phi) is 4.96. The van der Waals surface area contributed by atoms with Gasteiger partial charge >= 0.3 is 0 Å². The van der Waals surface area contributed by atoms with Crippen LogP contribution in [0.15, 0.2) is 6.33 Å². The molecule has 0 aromatic carbocycles. The second kappa shape index (κ2) is 6.01. The molecule has 0 aliphatic carbocycles. The van der Waals surface area contributed by atoms with Crippen molar-refractivity contribution in [2.24, 2.45) is 0 Å². The van der Waals surface area contributed by atoms with E-state index in [0.717, 1.165) is 17.9 Å².